The van der Waals surface area contributed by atoms with E-state index >= 15 is 0 Å². The molecule has 1 amide bonds. The molecule has 0 aliphatic heterocycles. The highest BCUT2D eigenvalue weighted by molar-refractivity contribution is 7.99. The second kappa shape index (κ2) is 7.78. The van der Waals surface area contributed by atoms with Crippen molar-refractivity contribution in [1.29, 1.82) is 0 Å². The number of nitrogens with two attached hydrogens (primary N) is 1. The summed E-state index contributed by atoms with van der Waals surface area (Å²) in [7, 11) is 0. The van der Waals surface area contributed by atoms with Crippen molar-refractivity contribution in [1.82, 2.24) is 15.3 Å². The lowest BCUT2D eigenvalue weighted by Gasteiger charge is -2.14. The normalized spacial score (nSPS) is 12.7. The summed E-state index contributed by atoms with van der Waals surface area (Å²) in [5.74, 6) is 1.44. The minimum atomic E-state index is 0.00899. The third kappa shape index (κ3) is 4.84. The first kappa shape index (κ1) is 17.0. The maximum Gasteiger partial charge on any atom is 0.230 e. The van der Waals surface area contributed by atoms with E-state index in [9.17, 15) is 4.79 Å². The zero-order chi connectivity index (χ0) is 16.1. The molecule has 0 aromatic carbocycles. The second-order valence-electron chi connectivity index (χ2n) is 5.76. The average molecular weight is 339 g/mol. The molecule has 0 radical (unpaired) electrons. The van der Waals surface area contributed by atoms with Gasteiger partial charge in [-0.2, -0.15) is 0 Å². The molecule has 2 aromatic rings. The van der Waals surface area contributed by atoms with Crippen LogP contribution >= 0.6 is 23.1 Å². The maximum absolute atomic E-state index is 12.0. The number of aromatic nitrogens is 2. The number of carbonyl (C=O) groups excluding carboxylic acids is 1. The molecule has 3 N–H and O–H groups in total. The van der Waals surface area contributed by atoms with Crippen LogP contribution in [0.4, 0.5) is 5.82 Å². The van der Waals surface area contributed by atoms with Crippen molar-refractivity contribution < 1.29 is 4.79 Å². The van der Waals surface area contributed by atoms with E-state index in [1.807, 2.05) is 18.4 Å². The van der Waals surface area contributed by atoms with Gasteiger partial charge in [-0.1, -0.05) is 25.6 Å². The van der Waals surface area contributed by atoms with Crippen LogP contribution in [-0.2, 0) is 4.79 Å². The highest BCUT2D eigenvalue weighted by atomic mass is 32.2. The molecule has 5 nitrogen and oxygen atoms in total. The first-order valence-electron chi connectivity index (χ1n) is 7.38. The van der Waals surface area contributed by atoms with Crippen molar-refractivity contribution in [3.8, 4) is 0 Å². The maximum atomic E-state index is 12.0. The van der Waals surface area contributed by atoms with Gasteiger partial charge in [0.25, 0.3) is 0 Å². The molecule has 0 spiro atoms. The van der Waals surface area contributed by atoms with Crippen LogP contribution in [0.15, 0.2) is 16.6 Å². The molecule has 2 aromatic heterocycles. The van der Waals surface area contributed by atoms with Crippen LogP contribution in [0.25, 0.3) is 10.2 Å². The van der Waals surface area contributed by atoms with Crippen molar-refractivity contribution in [2.75, 3.05) is 11.5 Å². The van der Waals surface area contributed by atoms with Gasteiger partial charge in [0, 0.05) is 6.04 Å². The Bertz CT molecular complexity index is 642. The first-order valence-corrected chi connectivity index (χ1v) is 9.25. The number of thioether (sulfide) groups is 1. The standard InChI is InChI=1S/C15H22N4OS2/c1-9(2)4-5-10(3)17-12(20)8-22-15-18-13(16)11-6-7-21-14(11)19-15/h6-7,9-10H,4-5,8H2,1-3H3,(H,17,20)(H2,16,18,19)/t10-/m0/s1. The molecule has 0 aliphatic rings. The average Bonchev–Trinajstić information content (AvgIpc) is 2.92. The lowest BCUT2D eigenvalue weighted by Crippen LogP contribution is -2.34. The zero-order valence-electron chi connectivity index (χ0n) is 13.1. The Morgan fingerprint density at radius 3 is 2.86 bits per heavy atom. The van der Waals surface area contributed by atoms with Gasteiger partial charge < -0.3 is 11.1 Å². The van der Waals surface area contributed by atoms with Crippen LogP contribution in [-0.4, -0.2) is 27.7 Å². The number of anilines is 1. The van der Waals surface area contributed by atoms with Gasteiger partial charge in [-0.25, -0.2) is 9.97 Å². The third-order valence-corrected chi connectivity index (χ3v) is 4.90. The van der Waals surface area contributed by atoms with E-state index < -0.39 is 0 Å². The van der Waals surface area contributed by atoms with E-state index in [1.165, 1.54) is 23.1 Å². The van der Waals surface area contributed by atoms with Crippen molar-refractivity contribution in [3.05, 3.63) is 11.4 Å². The van der Waals surface area contributed by atoms with Crippen LogP contribution in [0.1, 0.15) is 33.6 Å². The van der Waals surface area contributed by atoms with E-state index in [-0.39, 0.29) is 11.9 Å². The fraction of sp³-hybridized carbons (Fsp3) is 0.533. The summed E-state index contributed by atoms with van der Waals surface area (Å²) >= 11 is 2.84. The quantitative estimate of drug-likeness (QED) is 0.598. The van der Waals surface area contributed by atoms with Crippen molar-refractivity contribution in [3.63, 3.8) is 0 Å². The number of rotatable bonds is 7. The Hall–Kier alpha value is -1.34. The van der Waals surface area contributed by atoms with E-state index in [0.717, 1.165) is 23.1 Å². The summed E-state index contributed by atoms with van der Waals surface area (Å²) in [5, 5.41) is 6.38. The minimum Gasteiger partial charge on any atom is -0.383 e. The second-order valence-corrected chi connectivity index (χ2v) is 7.60. The topological polar surface area (TPSA) is 80.9 Å². The van der Waals surface area contributed by atoms with Crippen LogP contribution in [0.3, 0.4) is 0 Å². The molecule has 0 unspecified atom stereocenters. The molecule has 2 heterocycles. The Labute approximate surface area is 139 Å². The first-order chi connectivity index (χ1) is 10.5. The van der Waals surface area contributed by atoms with Gasteiger partial charge in [-0.3, -0.25) is 4.79 Å². The number of thiophene rings is 1. The largest absolute Gasteiger partial charge is 0.383 e. The van der Waals surface area contributed by atoms with Crippen molar-refractivity contribution >= 4 is 45.0 Å². The Balaban J connectivity index is 1.84. The molecule has 2 rings (SSSR count). The van der Waals surface area contributed by atoms with E-state index in [4.69, 9.17) is 5.73 Å². The monoisotopic (exact) mass is 338 g/mol. The molecule has 0 bridgehead atoms. The minimum absolute atomic E-state index is 0.00899. The van der Waals surface area contributed by atoms with Gasteiger partial charge in [0.05, 0.1) is 11.1 Å². The molecular formula is C15H22N4OS2. The molecule has 120 valence electrons. The molecule has 0 saturated carbocycles. The van der Waals surface area contributed by atoms with Gasteiger partial charge in [0.15, 0.2) is 5.16 Å². The summed E-state index contributed by atoms with van der Waals surface area (Å²) in [6.45, 7) is 6.41. The van der Waals surface area contributed by atoms with Crippen molar-refractivity contribution in [2.45, 2.75) is 44.8 Å². The van der Waals surface area contributed by atoms with Gasteiger partial charge in [0.1, 0.15) is 10.6 Å². The predicted octanol–water partition coefficient (Wildman–Crippen LogP) is 3.31. The summed E-state index contributed by atoms with van der Waals surface area (Å²) in [6.07, 6.45) is 2.11. The van der Waals surface area contributed by atoms with E-state index in [2.05, 4.69) is 29.1 Å². The molecular weight excluding hydrogens is 316 g/mol. The van der Waals surface area contributed by atoms with Crippen LogP contribution in [0.2, 0.25) is 0 Å². The SMILES string of the molecule is CC(C)CC[C@H](C)NC(=O)CSc1nc(N)c2ccsc2n1. The van der Waals surface area contributed by atoms with Gasteiger partial charge in [-0.05, 0) is 37.1 Å². The predicted molar refractivity (Wildman–Crippen MR) is 94.2 cm³/mol. The number of nitrogens with zero attached hydrogens (tertiary/aromatic N) is 2. The summed E-state index contributed by atoms with van der Waals surface area (Å²) in [5.41, 5.74) is 5.90. The van der Waals surface area contributed by atoms with E-state index in [0.29, 0.717) is 22.6 Å². The Morgan fingerprint density at radius 2 is 2.14 bits per heavy atom. The van der Waals surface area contributed by atoms with Crippen LogP contribution in [0.5, 0.6) is 0 Å². The Morgan fingerprint density at radius 1 is 1.36 bits per heavy atom. The molecule has 0 saturated heterocycles. The van der Waals surface area contributed by atoms with Crippen LogP contribution < -0.4 is 11.1 Å². The van der Waals surface area contributed by atoms with Gasteiger partial charge in [-0.15, -0.1) is 11.3 Å². The highest BCUT2D eigenvalue weighted by Crippen LogP contribution is 2.26. The smallest absolute Gasteiger partial charge is 0.230 e. The number of nitrogen functional groups attached to an aromatic ring is 1. The molecule has 0 aliphatic carbocycles. The number of nitrogens with one attached hydrogen (secondary N) is 1. The fourth-order valence-corrected chi connectivity index (χ4v) is 3.52. The summed E-state index contributed by atoms with van der Waals surface area (Å²) in [6, 6.07) is 2.11. The molecule has 0 fully saturated rings. The lowest BCUT2D eigenvalue weighted by atomic mass is 10.0. The molecule has 7 heteroatoms. The molecule has 1 atom stereocenters. The molecule has 22 heavy (non-hydrogen) atoms. The van der Waals surface area contributed by atoms with Crippen molar-refractivity contribution in [2.24, 2.45) is 5.92 Å². The lowest BCUT2D eigenvalue weighted by molar-refractivity contribution is -0.119. The Kier molecular flexibility index (Phi) is 6.02. The zero-order valence-corrected chi connectivity index (χ0v) is 14.8. The number of amides is 1. The third-order valence-electron chi connectivity index (χ3n) is 3.25. The fourth-order valence-electron chi connectivity index (χ4n) is 2.02. The number of hydrogen-bond donors (Lipinski definition) is 2. The van der Waals surface area contributed by atoms with Gasteiger partial charge in [0.2, 0.25) is 5.91 Å². The summed E-state index contributed by atoms with van der Waals surface area (Å²) < 4.78 is 0. The van der Waals surface area contributed by atoms with Gasteiger partial charge >= 0.3 is 0 Å². The van der Waals surface area contributed by atoms with Crippen LogP contribution in [0, 0.1) is 5.92 Å². The summed E-state index contributed by atoms with van der Waals surface area (Å²) in [4.78, 5) is 21.5. The highest BCUT2D eigenvalue weighted by Gasteiger charge is 2.11. The number of fused-ring (bicyclic) bond motifs is 1. The number of hydrogen-bond acceptors (Lipinski definition) is 6. The van der Waals surface area contributed by atoms with E-state index in [1.54, 1.807) is 0 Å². The number of carbonyl (C=O) groups is 1.